The number of fused-ring (bicyclic) bond motifs is 2. The zero-order valence-corrected chi connectivity index (χ0v) is 16.0. The number of hydrogen-bond acceptors (Lipinski definition) is 2. The summed E-state index contributed by atoms with van der Waals surface area (Å²) in [7, 11) is 0. The molecule has 0 unspecified atom stereocenters. The molecule has 0 aliphatic heterocycles. The number of hydrogen-bond donors (Lipinski definition) is 2. The highest BCUT2D eigenvalue weighted by molar-refractivity contribution is 5.97. The van der Waals surface area contributed by atoms with Crippen molar-refractivity contribution in [3.63, 3.8) is 0 Å². The van der Waals surface area contributed by atoms with Gasteiger partial charge in [0.1, 0.15) is 0 Å². The van der Waals surface area contributed by atoms with E-state index < -0.39 is 0 Å². The minimum Gasteiger partial charge on any atom is -0.326 e. The molecule has 140 valence electrons. The van der Waals surface area contributed by atoms with Crippen molar-refractivity contribution >= 4 is 33.3 Å². The molecule has 1 amide bonds. The maximum absolute atomic E-state index is 12.6. The summed E-state index contributed by atoms with van der Waals surface area (Å²) in [6, 6.07) is 19.7. The second-order valence-corrected chi connectivity index (χ2v) is 7.03. The third-order valence-corrected chi connectivity index (χ3v) is 5.27. The third-order valence-electron chi connectivity index (χ3n) is 5.27. The van der Waals surface area contributed by atoms with Gasteiger partial charge < -0.3 is 10.3 Å². The van der Waals surface area contributed by atoms with Crippen molar-refractivity contribution in [1.29, 1.82) is 0 Å². The van der Waals surface area contributed by atoms with Crippen LogP contribution in [0.2, 0.25) is 0 Å². The number of aromatic amines is 1. The van der Waals surface area contributed by atoms with E-state index in [1.54, 1.807) is 0 Å². The molecule has 0 aliphatic rings. The van der Waals surface area contributed by atoms with E-state index in [9.17, 15) is 9.59 Å². The molecule has 4 aromatic rings. The molecule has 1 aromatic heterocycles. The highest BCUT2D eigenvalue weighted by Gasteiger charge is 2.10. The number of amides is 1. The van der Waals surface area contributed by atoms with Gasteiger partial charge in [0.15, 0.2) is 0 Å². The van der Waals surface area contributed by atoms with Crippen LogP contribution in [0.15, 0.2) is 65.5 Å². The van der Waals surface area contributed by atoms with E-state index in [4.69, 9.17) is 0 Å². The first-order chi connectivity index (χ1) is 13.6. The molecule has 3 aromatic carbocycles. The number of benzene rings is 3. The first-order valence-electron chi connectivity index (χ1n) is 9.49. The fourth-order valence-corrected chi connectivity index (χ4v) is 3.83. The number of carbonyl (C=O) groups excluding carboxylic acids is 1. The minimum atomic E-state index is -0.0834. The SMILES string of the molecule is CCc1c(C)c2ccc(NC(=O)Cc3cccc4ccccc34)cc2[nH]c1=O. The van der Waals surface area contributed by atoms with Crippen LogP contribution in [0.5, 0.6) is 0 Å². The quantitative estimate of drug-likeness (QED) is 0.545. The summed E-state index contributed by atoms with van der Waals surface area (Å²) in [6.07, 6.45) is 0.990. The number of nitrogens with one attached hydrogen (secondary N) is 2. The molecule has 0 atom stereocenters. The van der Waals surface area contributed by atoms with Crippen molar-refractivity contribution in [1.82, 2.24) is 4.98 Å². The fourth-order valence-electron chi connectivity index (χ4n) is 3.83. The van der Waals surface area contributed by atoms with Gasteiger partial charge in [0.05, 0.1) is 11.9 Å². The summed E-state index contributed by atoms with van der Waals surface area (Å²) in [4.78, 5) is 27.8. The summed E-state index contributed by atoms with van der Waals surface area (Å²) < 4.78 is 0. The number of anilines is 1. The molecular formula is C24H22N2O2. The summed E-state index contributed by atoms with van der Waals surface area (Å²) in [5.74, 6) is -0.0834. The summed E-state index contributed by atoms with van der Waals surface area (Å²) in [5.41, 5.74) is 4.15. The number of pyridine rings is 1. The minimum absolute atomic E-state index is 0.0632. The molecule has 0 saturated carbocycles. The Labute approximate surface area is 163 Å². The normalized spacial score (nSPS) is 11.1. The van der Waals surface area contributed by atoms with Crippen LogP contribution in [-0.2, 0) is 17.6 Å². The van der Waals surface area contributed by atoms with Crippen LogP contribution < -0.4 is 10.9 Å². The summed E-state index contributed by atoms with van der Waals surface area (Å²) in [5, 5.41) is 6.17. The van der Waals surface area contributed by atoms with E-state index in [2.05, 4.69) is 10.3 Å². The fraction of sp³-hybridized carbons (Fsp3) is 0.167. The monoisotopic (exact) mass is 370 g/mol. The van der Waals surface area contributed by atoms with Crippen molar-refractivity contribution in [3.05, 3.63) is 87.7 Å². The lowest BCUT2D eigenvalue weighted by atomic mass is 10.0. The number of carbonyl (C=O) groups is 1. The molecule has 0 fully saturated rings. The molecule has 0 aliphatic carbocycles. The molecule has 4 heteroatoms. The van der Waals surface area contributed by atoms with Gasteiger partial charge in [0.25, 0.3) is 5.56 Å². The Bertz CT molecular complexity index is 1250. The lowest BCUT2D eigenvalue weighted by molar-refractivity contribution is -0.115. The van der Waals surface area contributed by atoms with Gasteiger partial charge in [-0.15, -0.1) is 0 Å². The lowest BCUT2D eigenvalue weighted by Gasteiger charge is -2.11. The van der Waals surface area contributed by atoms with Gasteiger partial charge in [-0.25, -0.2) is 0 Å². The van der Waals surface area contributed by atoms with Crippen molar-refractivity contribution in [3.8, 4) is 0 Å². The van der Waals surface area contributed by atoms with Gasteiger partial charge in [-0.3, -0.25) is 9.59 Å². The first kappa shape index (κ1) is 18.0. The zero-order chi connectivity index (χ0) is 19.7. The predicted octanol–water partition coefficient (Wildman–Crippen LogP) is 4.73. The third kappa shape index (κ3) is 3.29. The largest absolute Gasteiger partial charge is 0.326 e. The van der Waals surface area contributed by atoms with Crippen molar-refractivity contribution < 1.29 is 4.79 Å². The Morgan fingerprint density at radius 2 is 1.79 bits per heavy atom. The van der Waals surface area contributed by atoms with Crippen molar-refractivity contribution in [2.45, 2.75) is 26.7 Å². The maximum atomic E-state index is 12.6. The van der Waals surface area contributed by atoms with Gasteiger partial charge in [0, 0.05) is 16.6 Å². The van der Waals surface area contributed by atoms with Crippen LogP contribution in [0.25, 0.3) is 21.7 Å². The molecule has 0 radical (unpaired) electrons. The molecule has 4 nitrogen and oxygen atoms in total. The van der Waals surface area contributed by atoms with Crippen molar-refractivity contribution in [2.24, 2.45) is 0 Å². The zero-order valence-electron chi connectivity index (χ0n) is 16.0. The van der Waals surface area contributed by atoms with Gasteiger partial charge >= 0.3 is 0 Å². The van der Waals surface area contributed by atoms with Crippen LogP contribution in [0.1, 0.15) is 23.6 Å². The van der Waals surface area contributed by atoms with Crippen LogP contribution in [-0.4, -0.2) is 10.9 Å². The molecule has 2 N–H and O–H groups in total. The summed E-state index contributed by atoms with van der Waals surface area (Å²) >= 11 is 0. The van der Waals surface area contributed by atoms with Gasteiger partial charge in [-0.1, -0.05) is 55.5 Å². The molecule has 28 heavy (non-hydrogen) atoms. The Morgan fingerprint density at radius 3 is 2.61 bits per heavy atom. The maximum Gasteiger partial charge on any atom is 0.251 e. The van der Waals surface area contributed by atoms with Gasteiger partial charge in [-0.2, -0.15) is 0 Å². The number of aryl methyl sites for hydroxylation is 1. The van der Waals surface area contributed by atoms with E-state index in [1.807, 2.05) is 74.5 Å². The Hall–Kier alpha value is -3.40. The topological polar surface area (TPSA) is 62.0 Å². The van der Waals surface area contributed by atoms with E-state index in [-0.39, 0.29) is 11.5 Å². The Kier molecular flexibility index (Phi) is 4.70. The van der Waals surface area contributed by atoms with E-state index in [1.165, 1.54) is 0 Å². The number of aromatic nitrogens is 1. The highest BCUT2D eigenvalue weighted by atomic mass is 16.1. The van der Waals surface area contributed by atoms with Crippen molar-refractivity contribution in [2.75, 3.05) is 5.32 Å². The highest BCUT2D eigenvalue weighted by Crippen LogP contribution is 2.23. The first-order valence-corrected chi connectivity index (χ1v) is 9.49. The van der Waals surface area contributed by atoms with Gasteiger partial charge in [0.2, 0.25) is 5.91 Å². The standard InChI is InChI=1S/C24H22N2O2/c1-3-19-15(2)20-12-11-18(14-22(20)26-24(19)28)25-23(27)13-17-9-6-8-16-7-4-5-10-21(16)17/h4-12,14H,3,13H2,1-2H3,(H,25,27)(H,26,28). The van der Waals surface area contributed by atoms with Crippen LogP contribution in [0.4, 0.5) is 5.69 Å². The van der Waals surface area contributed by atoms with Crippen LogP contribution >= 0.6 is 0 Å². The molecule has 4 rings (SSSR count). The second-order valence-electron chi connectivity index (χ2n) is 7.03. The van der Waals surface area contributed by atoms with E-state index >= 15 is 0 Å². The number of H-pyrrole nitrogens is 1. The molecule has 0 spiro atoms. The Morgan fingerprint density at radius 1 is 1.00 bits per heavy atom. The second kappa shape index (κ2) is 7.31. The van der Waals surface area contributed by atoms with Gasteiger partial charge in [-0.05, 0) is 47.4 Å². The average molecular weight is 370 g/mol. The molecule has 0 saturated heterocycles. The van der Waals surface area contributed by atoms with E-state index in [0.717, 1.165) is 38.4 Å². The molecule has 1 heterocycles. The Balaban J connectivity index is 1.61. The van der Waals surface area contributed by atoms with Crippen LogP contribution in [0.3, 0.4) is 0 Å². The molecule has 0 bridgehead atoms. The lowest BCUT2D eigenvalue weighted by Crippen LogP contribution is -2.16. The van der Waals surface area contributed by atoms with E-state index in [0.29, 0.717) is 18.5 Å². The predicted molar refractivity (Wildman–Crippen MR) is 115 cm³/mol. The molecular weight excluding hydrogens is 348 g/mol. The number of rotatable bonds is 4. The average Bonchev–Trinajstić information content (AvgIpc) is 2.68. The smallest absolute Gasteiger partial charge is 0.251 e. The van der Waals surface area contributed by atoms with Crippen LogP contribution in [0, 0.1) is 6.92 Å². The summed E-state index contributed by atoms with van der Waals surface area (Å²) in [6.45, 7) is 3.94.